The Bertz CT molecular complexity index is 1160. The molecule has 0 radical (unpaired) electrons. The Kier molecular flexibility index (Phi) is 6.65. The number of rotatable bonds is 5. The molecular formula is C23H28F3N3O3S. The van der Waals surface area contributed by atoms with E-state index in [-0.39, 0.29) is 17.5 Å². The highest BCUT2D eigenvalue weighted by molar-refractivity contribution is 7.88. The van der Waals surface area contributed by atoms with Gasteiger partial charge in [0.1, 0.15) is 11.9 Å². The largest absolute Gasteiger partial charge is 0.331 e. The van der Waals surface area contributed by atoms with Crippen molar-refractivity contribution in [1.29, 1.82) is 0 Å². The molecule has 1 aliphatic rings. The molecule has 10 heteroatoms. The van der Waals surface area contributed by atoms with Gasteiger partial charge in [0.15, 0.2) is 0 Å². The second-order valence-electron chi connectivity index (χ2n) is 9.58. The molecule has 1 amide bonds. The number of nitrogens with one attached hydrogen (secondary N) is 1. The van der Waals surface area contributed by atoms with Crippen LogP contribution in [0, 0.1) is 18.2 Å². The van der Waals surface area contributed by atoms with Crippen molar-refractivity contribution in [3.8, 4) is 11.3 Å². The summed E-state index contributed by atoms with van der Waals surface area (Å²) in [6.07, 6.45) is 2.03. The fourth-order valence-electron chi connectivity index (χ4n) is 4.02. The number of pyridine rings is 1. The third kappa shape index (κ3) is 5.55. The van der Waals surface area contributed by atoms with Crippen molar-refractivity contribution in [3.63, 3.8) is 0 Å². The highest BCUT2D eigenvalue weighted by Crippen LogP contribution is 2.38. The molecule has 1 aromatic carbocycles. The summed E-state index contributed by atoms with van der Waals surface area (Å²) in [6, 6.07) is 4.87. The normalized spacial score (nSPS) is 20.8. The number of amides is 1. The molecule has 1 aromatic heterocycles. The van der Waals surface area contributed by atoms with Gasteiger partial charge in [0.2, 0.25) is 15.9 Å². The summed E-state index contributed by atoms with van der Waals surface area (Å²) in [5.74, 6) is -4.74. The number of hydrogen-bond donors (Lipinski definition) is 1. The van der Waals surface area contributed by atoms with Crippen LogP contribution >= 0.6 is 0 Å². The van der Waals surface area contributed by atoms with Crippen LogP contribution in [0.25, 0.3) is 11.3 Å². The Morgan fingerprint density at radius 2 is 1.94 bits per heavy atom. The summed E-state index contributed by atoms with van der Waals surface area (Å²) in [5.41, 5.74) is 0.562. The van der Waals surface area contributed by atoms with E-state index in [0.29, 0.717) is 5.69 Å². The highest BCUT2D eigenvalue weighted by atomic mass is 32.2. The monoisotopic (exact) mass is 483 g/mol. The van der Waals surface area contributed by atoms with Gasteiger partial charge in [-0.3, -0.25) is 9.78 Å². The van der Waals surface area contributed by atoms with Crippen LogP contribution in [0.15, 0.2) is 36.5 Å². The second-order valence-corrected chi connectivity index (χ2v) is 11.4. The van der Waals surface area contributed by atoms with Crippen LogP contribution in [0.2, 0.25) is 0 Å². The van der Waals surface area contributed by atoms with Crippen molar-refractivity contribution in [3.05, 3.63) is 53.5 Å². The number of likely N-dealkylation sites (tertiary alicyclic amines) is 1. The third-order valence-corrected chi connectivity index (χ3v) is 6.25. The van der Waals surface area contributed by atoms with Crippen molar-refractivity contribution in [1.82, 2.24) is 14.6 Å². The fourth-order valence-corrected chi connectivity index (χ4v) is 4.82. The number of carbonyl (C=O) groups is 1. The van der Waals surface area contributed by atoms with Gasteiger partial charge in [-0.05, 0) is 42.7 Å². The minimum atomic E-state index is -4.03. The Labute approximate surface area is 192 Å². The maximum Gasteiger partial charge on any atom is 0.283 e. The average Bonchev–Trinajstić information content (AvgIpc) is 2.91. The zero-order chi connectivity index (χ0) is 24.8. The fraction of sp³-hybridized carbons (Fsp3) is 0.478. The van der Waals surface area contributed by atoms with Crippen LogP contribution in [0.5, 0.6) is 0 Å². The standard InChI is InChI=1S/C23H28F3N3O3S/c1-14-9-10-27-17(11-14)16-8-6-7-15(19(16)24)12-18-20(28-33(5,31)32)23(25,26)13-29(18)21(30)22(2,3)4/h6-11,18,20,28H,12-13H2,1-5H3/t18-,20+/m0/s1. The molecule has 2 heterocycles. The first-order chi connectivity index (χ1) is 15.1. The first kappa shape index (κ1) is 25.2. The van der Waals surface area contributed by atoms with Crippen LogP contribution in [0.4, 0.5) is 13.2 Å². The van der Waals surface area contributed by atoms with Crippen molar-refractivity contribution >= 4 is 15.9 Å². The molecule has 33 heavy (non-hydrogen) atoms. The lowest BCUT2D eigenvalue weighted by atomic mass is 9.92. The molecule has 2 aromatic rings. The molecule has 1 saturated heterocycles. The van der Waals surface area contributed by atoms with Gasteiger partial charge in [0.25, 0.3) is 5.92 Å². The van der Waals surface area contributed by atoms with Crippen LogP contribution in [0.3, 0.4) is 0 Å². The molecule has 0 spiro atoms. The zero-order valence-corrected chi connectivity index (χ0v) is 20.0. The highest BCUT2D eigenvalue weighted by Gasteiger charge is 2.57. The summed E-state index contributed by atoms with van der Waals surface area (Å²) in [4.78, 5) is 18.2. The van der Waals surface area contributed by atoms with Crippen LogP contribution in [-0.2, 0) is 21.2 Å². The van der Waals surface area contributed by atoms with E-state index in [1.807, 2.05) is 11.6 Å². The summed E-state index contributed by atoms with van der Waals surface area (Å²) in [5, 5.41) is 0. The Balaban J connectivity index is 2.06. The van der Waals surface area contributed by atoms with Crippen molar-refractivity contribution in [2.24, 2.45) is 5.41 Å². The maximum atomic E-state index is 15.5. The van der Waals surface area contributed by atoms with Crippen LogP contribution in [-0.4, -0.2) is 55.0 Å². The van der Waals surface area contributed by atoms with E-state index in [4.69, 9.17) is 0 Å². The molecule has 6 nitrogen and oxygen atoms in total. The lowest BCUT2D eigenvalue weighted by Gasteiger charge is -2.32. The van der Waals surface area contributed by atoms with Gasteiger partial charge in [-0.1, -0.05) is 32.9 Å². The number of sulfonamides is 1. The third-order valence-electron chi connectivity index (χ3n) is 5.56. The lowest BCUT2D eigenvalue weighted by Crippen LogP contribution is -2.53. The molecule has 1 N–H and O–H groups in total. The number of aromatic nitrogens is 1. The minimum absolute atomic E-state index is 0.0884. The number of halogens is 3. The zero-order valence-electron chi connectivity index (χ0n) is 19.2. The van der Waals surface area contributed by atoms with E-state index >= 15 is 4.39 Å². The van der Waals surface area contributed by atoms with Gasteiger partial charge in [0.05, 0.1) is 24.5 Å². The predicted octanol–water partition coefficient (Wildman–Crippen LogP) is 3.55. The van der Waals surface area contributed by atoms with Gasteiger partial charge < -0.3 is 4.90 Å². The van der Waals surface area contributed by atoms with E-state index < -0.39 is 51.7 Å². The number of nitrogens with zero attached hydrogens (tertiary/aromatic N) is 2. The van der Waals surface area contributed by atoms with Gasteiger partial charge in [-0.15, -0.1) is 0 Å². The Morgan fingerprint density at radius 3 is 2.52 bits per heavy atom. The Morgan fingerprint density at radius 1 is 1.27 bits per heavy atom. The molecule has 1 aliphatic heterocycles. The predicted molar refractivity (Wildman–Crippen MR) is 120 cm³/mol. The summed E-state index contributed by atoms with van der Waals surface area (Å²) in [7, 11) is -4.03. The van der Waals surface area contributed by atoms with E-state index in [9.17, 15) is 22.0 Å². The SMILES string of the molecule is Cc1ccnc(-c2cccc(C[C@H]3[C@@H](NS(C)(=O)=O)C(F)(F)CN3C(=O)C(C)(C)C)c2F)c1. The Hall–Kier alpha value is -2.46. The number of benzene rings is 1. The first-order valence-electron chi connectivity index (χ1n) is 10.5. The first-order valence-corrected chi connectivity index (χ1v) is 12.4. The van der Waals surface area contributed by atoms with Crippen molar-refractivity contribution < 1.29 is 26.4 Å². The summed E-state index contributed by atoms with van der Waals surface area (Å²) < 4.78 is 71.1. The topological polar surface area (TPSA) is 79.4 Å². The van der Waals surface area contributed by atoms with E-state index in [1.165, 1.54) is 12.1 Å². The molecule has 0 bridgehead atoms. The van der Waals surface area contributed by atoms with Crippen molar-refractivity contribution in [2.75, 3.05) is 12.8 Å². The number of carbonyl (C=O) groups excluding carboxylic acids is 1. The average molecular weight is 484 g/mol. The molecule has 0 saturated carbocycles. The van der Waals surface area contributed by atoms with E-state index in [1.54, 1.807) is 45.2 Å². The molecule has 1 fully saturated rings. The van der Waals surface area contributed by atoms with Gasteiger partial charge in [0, 0.05) is 17.2 Å². The second kappa shape index (κ2) is 8.72. The van der Waals surface area contributed by atoms with E-state index in [2.05, 4.69) is 4.98 Å². The molecular weight excluding hydrogens is 455 g/mol. The molecule has 0 unspecified atom stereocenters. The summed E-state index contributed by atoms with van der Waals surface area (Å²) in [6.45, 7) is 5.65. The number of hydrogen-bond acceptors (Lipinski definition) is 4. The van der Waals surface area contributed by atoms with Crippen LogP contribution in [0.1, 0.15) is 31.9 Å². The van der Waals surface area contributed by atoms with E-state index in [0.717, 1.165) is 16.7 Å². The minimum Gasteiger partial charge on any atom is -0.331 e. The smallest absolute Gasteiger partial charge is 0.283 e. The van der Waals surface area contributed by atoms with Gasteiger partial charge in [-0.2, -0.15) is 0 Å². The molecule has 0 aliphatic carbocycles. The lowest BCUT2D eigenvalue weighted by molar-refractivity contribution is -0.141. The number of aryl methyl sites for hydroxylation is 1. The molecule has 180 valence electrons. The van der Waals surface area contributed by atoms with Gasteiger partial charge in [-0.25, -0.2) is 26.3 Å². The number of alkyl halides is 2. The van der Waals surface area contributed by atoms with Crippen LogP contribution < -0.4 is 4.72 Å². The molecule has 3 rings (SSSR count). The maximum absolute atomic E-state index is 15.5. The summed E-state index contributed by atoms with van der Waals surface area (Å²) >= 11 is 0. The molecule has 2 atom stereocenters. The quantitative estimate of drug-likeness (QED) is 0.706. The van der Waals surface area contributed by atoms with Crippen molar-refractivity contribution in [2.45, 2.75) is 52.1 Å². The van der Waals surface area contributed by atoms with Gasteiger partial charge >= 0.3 is 0 Å².